The highest BCUT2D eigenvalue weighted by Gasteiger charge is 2.28. The van der Waals surface area contributed by atoms with Crippen molar-refractivity contribution in [1.82, 2.24) is 14.7 Å². The maximum Gasteiger partial charge on any atom is 0.387 e. The van der Waals surface area contributed by atoms with Gasteiger partial charge in [-0.25, -0.2) is 0 Å². The fraction of sp³-hybridized carbons (Fsp3) is 0.600. The second kappa shape index (κ2) is 9.87. The minimum absolute atomic E-state index is 0.0440. The number of nitrogens with zero attached hydrogens (tertiary/aromatic N) is 3. The van der Waals surface area contributed by atoms with E-state index in [1.54, 1.807) is 11.0 Å². The maximum atomic E-state index is 12.9. The van der Waals surface area contributed by atoms with Gasteiger partial charge in [-0.2, -0.15) is 8.78 Å². The molecule has 1 aromatic rings. The number of alkyl halides is 2. The predicted octanol–water partition coefficient (Wildman–Crippen LogP) is 2.07. The SMILES string of the molecule is COc1cccc(C(=O)N2CCN(CC(=O)N3CCCCC3)CC2)c1OC(F)F. The van der Waals surface area contributed by atoms with Gasteiger partial charge in [-0.15, -0.1) is 0 Å². The first-order valence-electron chi connectivity index (χ1n) is 9.91. The Labute approximate surface area is 169 Å². The van der Waals surface area contributed by atoms with Gasteiger partial charge >= 0.3 is 6.61 Å². The molecule has 2 aliphatic rings. The second-order valence-corrected chi connectivity index (χ2v) is 7.23. The molecule has 0 saturated carbocycles. The van der Waals surface area contributed by atoms with Crippen molar-refractivity contribution in [2.45, 2.75) is 25.9 Å². The zero-order chi connectivity index (χ0) is 20.8. The van der Waals surface area contributed by atoms with Gasteiger partial charge in [-0.1, -0.05) is 6.07 Å². The minimum Gasteiger partial charge on any atom is -0.493 e. The molecule has 1 aromatic carbocycles. The van der Waals surface area contributed by atoms with Gasteiger partial charge in [0.05, 0.1) is 19.2 Å². The van der Waals surface area contributed by atoms with E-state index in [9.17, 15) is 18.4 Å². The summed E-state index contributed by atoms with van der Waals surface area (Å²) in [4.78, 5) is 30.9. The van der Waals surface area contributed by atoms with Crippen LogP contribution in [0.4, 0.5) is 8.78 Å². The Hall–Kier alpha value is -2.42. The van der Waals surface area contributed by atoms with Gasteiger partial charge in [0.15, 0.2) is 11.5 Å². The van der Waals surface area contributed by atoms with E-state index in [0.29, 0.717) is 32.7 Å². The number of hydrogen-bond donors (Lipinski definition) is 0. The van der Waals surface area contributed by atoms with Crippen LogP contribution >= 0.6 is 0 Å². The molecule has 3 rings (SSSR count). The van der Waals surface area contributed by atoms with Crippen molar-refractivity contribution in [3.8, 4) is 11.5 Å². The Bertz CT molecular complexity index is 718. The molecule has 0 radical (unpaired) electrons. The molecule has 2 amide bonds. The number of ether oxygens (including phenoxy) is 2. The highest BCUT2D eigenvalue weighted by atomic mass is 19.3. The number of carbonyl (C=O) groups excluding carboxylic acids is 2. The molecule has 0 N–H and O–H groups in total. The van der Waals surface area contributed by atoms with E-state index in [0.717, 1.165) is 25.9 Å². The molecule has 29 heavy (non-hydrogen) atoms. The molecular weight excluding hydrogens is 384 g/mol. The van der Waals surface area contributed by atoms with Gasteiger partial charge in [0.25, 0.3) is 5.91 Å². The third-order valence-electron chi connectivity index (χ3n) is 5.36. The zero-order valence-corrected chi connectivity index (χ0v) is 16.6. The van der Waals surface area contributed by atoms with E-state index in [4.69, 9.17) is 4.74 Å². The largest absolute Gasteiger partial charge is 0.493 e. The number of amides is 2. The maximum absolute atomic E-state index is 12.9. The van der Waals surface area contributed by atoms with Gasteiger partial charge in [0.1, 0.15) is 0 Å². The lowest BCUT2D eigenvalue weighted by Gasteiger charge is -2.36. The molecule has 160 valence electrons. The molecule has 2 saturated heterocycles. The molecule has 0 atom stereocenters. The number of piperidine rings is 1. The number of halogens is 2. The molecule has 0 spiro atoms. The van der Waals surface area contributed by atoms with Crippen molar-refractivity contribution >= 4 is 11.8 Å². The highest BCUT2D eigenvalue weighted by molar-refractivity contribution is 5.98. The van der Waals surface area contributed by atoms with Crippen LogP contribution in [0.1, 0.15) is 29.6 Å². The van der Waals surface area contributed by atoms with Crippen LogP contribution in [0.15, 0.2) is 18.2 Å². The normalized spacial score (nSPS) is 18.1. The van der Waals surface area contributed by atoms with Crippen LogP contribution in [-0.2, 0) is 4.79 Å². The summed E-state index contributed by atoms with van der Waals surface area (Å²) in [6.45, 7) is 0.867. The van der Waals surface area contributed by atoms with Crippen LogP contribution in [-0.4, -0.2) is 86.0 Å². The van der Waals surface area contributed by atoms with E-state index >= 15 is 0 Å². The third-order valence-corrected chi connectivity index (χ3v) is 5.36. The number of benzene rings is 1. The lowest BCUT2D eigenvalue weighted by Crippen LogP contribution is -2.52. The molecule has 7 nitrogen and oxygen atoms in total. The average molecular weight is 411 g/mol. The van der Waals surface area contributed by atoms with Crippen molar-refractivity contribution < 1.29 is 27.8 Å². The Morgan fingerprint density at radius 2 is 1.69 bits per heavy atom. The summed E-state index contributed by atoms with van der Waals surface area (Å²) < 4.78 is 35.2. The van der Waals surface area contributed by atoms with E-state index in [-0.39, 0.29) is 28.9 Å². The predicted molar refractivity (Wildman–Crippen MR) is 102 cm³/mol. The number of para-hydroxylation sites is 1. The quantitative estimate of drug-likeness (QED) is 0.717. The number of rotatable bonds is 6. The molecule has 9 heteroatoms. The number of piperazine rings is 1. The first kappa shape index (κ1) is 21.3. The van der Waals surface area contributed by atoms with Crippen molar-refractivity contribution in [3.05, 3.63) is 23.8 Å². The molecule has 0 aromatic heterocycles. The first-order chi connectivity index (χ1) is 14.0. The van der Waals surface area contributed by atoms with Crippen molar-refractivity contribution in [3.63, 3.8) is 0 Å². The molecule has 2 heterocycles. The topological polar surface area (TPSA) is 62.3 Å². The zero-order valence-electron chi connectivity index (χ0n) is 16.6. The fourth-order valence-electron chi connectivity index (χ4n) is 3.77. The van der Waals surface area contributed by atoms with Crippen molar-refractivity contribution in [2.24, 2.45) is 0 Å². The highest BCUT2D eigenvalue weighted by Crippen LogP contribution is 2.33. The van der Waals surface area contributed by atoms with E-state index in [1.165, 1.54) is 25.7 Å². The molecule has 0 bridgehead atoms. The summed E-state index contributed by atoms with van der Waals surface area (Å²) in [5.74, 6) is -0.425. The molecule has 0 unspecified atom stereocenters. The van der Waals surface area contributed by atoms with Crippen LogP contribution in [0.3, 0.4) is 0 Å². The van der Waals surface area contributed by atoms with E-state index < -0.39 is 6.61 Å². The van der Waals surface area contributed by atoms with Gasteiger partial charge < -0.3 is 19.3 Å². The lowest BCUT2D eigenvalue weighted by molar-refractivity contribution is -0.133. The van der Waals surface area contributed by atoms with E-state index in [1.807, 2.05) is 9.80 Å². The number of methoxy groups -OCH3 is 1. The standard InChI is InChI=1S/C20H27F2N3O4/c1-28-16-7-5-6-15(18(16)29-20(21)22)19(27)25-12-10-23(11-13-25)14-17(26)24-8-3-2-4-9-24/h5-7,20H,2-4,8-14H2,1H3. The van der Waals surface area contributed by atoms with Crippen LogP contribution in [0.5, 0.6) is 11.5 Å². The summed E-state index contributed by atoms with van der Waals surface area (Å²) in [6.07, 6.45) is 3.28. The summed E-state index contributed by atoms with van der Waals surface area (Å²) in [6, 6.07) is 4.49. The van der Waals surface area contributed by atoms with Crippen LogP contribution in [0, 0.1) is 0 Å². The van der Waals surface area contributed by atoms with Crippen molar-refractivity contribution in [1.29, 1.82) is 0 Å². The summed E-state index contributed by atoms with van der Waals surface area (Å²) >= 11 is 0. The molecule has 2 aliphatic heterocycles. The van der Waals surface area contributed by atoms with E-state index in [2.05, 4.69) is 4.74 Å². The lowest BCUT2D eigenvalue weighted by atomic mass is 10.1. The Balaban J connectivity index is 1.59. The number of likely N-dealkylation sites (tertiary alicyclic amines) is 1. The smallest absolute Gasteiger partial charge is 0.387 e. The molecule has 0 aliphatic carbocycles. The van der Waals surface area contributed by atoms with Crippen LogP contribution in [0.2, 0.25) is 0 Å². The monoisotopic (exact) mass is 411 g/mol. The number of hydrogen-bond acceptors (Lipinski definition) is 5. The first-order valence-corrected chi connectivity index (χ1v) is 9.91. The van der Waals surface area contributed by atoms with Gasteiger partial charge in [-0.3, -0.25) is 14.5 Å². The summed E-state index contributed by atoms with van der Waals surface area (Å²) in [7, 11) is 1.33. The molecular formula is C20H27F2N3O4. The third kappa shape index (κ3) is 5.35. The summed E-state index contributed by atoms with van der Waals surface area (Å²) in [5, 5.41) is 0. The Kier molecular flexibility index (Phi) is 7.24. The Morgan fingerprint density at radius 3 is 2.31 bits per heavy atom. The Morgan fingerprint density at radius 1 is 1.00 bits per heavy atom. The van der Waals surface area contributed by atoms with Gasteiger partial charge in [-0.05, 0) is 31.4 Å². The fourth-order valence-corrected chi connectivity index (χ4v) is 3.77. The summed E-state index contributed by atoms with van der Waals surface area (Å²) in [5.41, 5.74) is 0.0440. The van der Waals surface area contributed by atoms with Crippen molar-refractivity contribution in [2.75, 3.05) is 52.9 Å². The van der Waals surface area contributed by atoms with Gasteiger partial charge in [0, 0.05) is 39.3 Å². The minimum atomic E-state index is -3.06. The van der Waals surface area contributed by atoms with Crippen LogP contribution < -0.4 is 9.47 Å². The molecule has 2 fully saturated rings. The van der Waals surface area contributed by atoms with Crippen LogP contribution in [0.25, 0.3) is 0 Å². The average Bonchev–Trinajstić information content (AvgIpc) is 2.74. The van der Waals surface area contributed by atoms with Gasteiger partial charge in [0.2, 0.25) is 5.91 Å². The second-order valence-electron chi connectivity index (χ2n) is 7.23. The number of carbonyl (C=O) groups is 2.